The minimum absolute atomic E-state index is 0.192. The van der Waals surface area contributed by atoms with Crippen LogP contribution in [-0.4, -0.2) is 23.4 Å². The predicted molar refractivity (Wildman–Crippen MR) is 103 cm³/mol. The number of ketones is 1. The highest BCUT2D eigenvalue weighted by Crippen LogP contribution is 2.29. The van der Waals surface area contributed by atoms with E-state index in [9.17, 15) is 9.59 Å². The second kappa shape index (κ2) is 7.35. The van der Waals surface area contributed by atoms with Gasteiger partial charge in [0.2, 0.25) is 5.78 Å². The molecule has 0 atom stereocenters. The average molecular weight is 347 g/mol. The van der Waals surface area contributed by atoms with Gasteiger partial charge in [-0.05, 0) is 31.4 Å². The highest BCUT2D eigenvalue weighted by atomic mass is 16.2. The van der Waals surface area contributed by atoms with E-state index in [4.69, 9.17) is 0 Å². The Morgan fingerprint density at radius 1 is 1.08 bits per heavy atom. The Hall–Kier alpha value is -3.21. The van der Waals surface area contributed by atoms with Crippen LogP contribution >= 0.6 is 0 Å². The number of hydrogen-bond donors (Lipinski definition) is 2. The third-order valence-corrected chi connectivity index (χ3v) is 4.09. The van der Waals surface area contributed by atoms with Gasteiger partial charge in [-0.15, -0.1) is 0 Å². The van der Waals surface area contributed by atoms with Crippen molar-refractivity contribution < 1.29 is 9.59 Å². The van der Waals surface area contributed by atoms with Crippen LogP contribution in [0, 0.1) is 0 Å². The van der Waals surface area contributed by atoms with Gasteiger partial charge in [0.25, 0.3) is 0 Å². The van der Waals surface area contributed by atoms with Gasteiger partial charge in [0, 0.05) is 22.9 Å². The Bertz CT molecular complexity index is 883. The molecule has 0 saturated heterocycles. The predicted octanol–water partition coefficient (Wildman–Crippen LogP) is 2.67. The molecule has 132 valence electrons. The number of carbonyl (C=O) groups excluding carboxylic acids is 2. The van der Waals surface area contributed by atoms with Crippen molar-refractivity contribution in [3.05, 3.63) is 77.4 Å². The van der Waals surface area contributed by atoms with Crippen LogP contribution in [0.5, 0.6) is 0 Å². The molecule has 2 aromatic rings. The van der Waals surface area contributed by atoms with Crippen LogP contribution in [0.3, 0.4) is 0 Å². The van der Waals surface area contributed by atoms with Gasteiger partial charge in [-0.3, -0.25) is 9.59 Å². The number of benzene rings is 2. The molecule has 1 aliphatic heterocycles. The summed E-state index contributed by atoms with van der Waals surface area (Å²) in [6.45, 7) is 4.12. The Morgan fingerprint density at radius 2 is 1.77 bits per heavy atom. The second-order valence-electron chi connectivity index (χ2n) is 6.87. The quantitative estimate of drug-likeness (QED) is 0.387. The van der Waals surface area contributed by atoms with Crippen molar-refractivity contribution in [2.45, 2.75) is 25.8 Å². The van der Waals surface area contributed by atoms with Crippen molar-refractivity contribution in [3.63, 3.8) is 0 Å². The number of nitrogens with zero attached hydrogens (tertiary/aromatic N) is 1. The molecule has 5 nitrogen and oxygen atoms in total. The lowest BCUT2D eigenvalue weighted by atomic mass is 9.85. The maximum Gasteiger partial charge on any atom is 0.311 e. The van der Waals surface area contributed by atoms with Gasteiger partial charge in [-0.1, -0.05) is 54.6 Å². The normalized spacial score (nSPS) is 16.8. The molecule has 0 aromatic heterocycles. The molecular formula is C21H21N3O2. The van der Waals surface area contributed by atoms with E-state index in [1.165, 1.54) is 12.3 Å². The molecule has 0 aliphatic carbocycles. The van der Waals surface area contributed by atoms with Crippen LogP contribution in [0.2, 0.25) is 0 Å². The summed E-state index contributed by atoms with van der Waals surface area (Å²) in [5.74, 6) is -1.42. The van der Waals surface area contributed by atoms with Gasteiger partial charge in [-0.25, -0.2) is 5.43 Å². The van der Waals surface area contributed by atoms with Crippen molar-refractivity contribution >= 4 is 23.6 Å². The van der Waals surface area contributed by atoms with E-state index in [-0.39, 0.29) is 5.54 Å². The molecular weight excluding hydrogens is 326 g/mol. The zero-order valence-electron chi connectivity index (χ0n) is 14.8. The van der Waals surface area contributed by atoms with Crippen LogP contribution in [0.15, 0.2) is 65.8 Å². The summed E-state index contributed by atoms with van der Waals surface area (Å²) in [5.41, 5.74) is 5.67. The maximum absolute atomic E-state index is 12.3. The average Bonchev–Trinajstić information content (AvgIpc) is 2.61. The SMILES string of the molecule is CC1(C)Cc2ccccc2/C(=C/C(=O)C(=O)N/N=C/c2ccccc2)N1. The zero-order valence-corrected chi connectivity index (χ0v) is 14.8. The molecule has 0 bridgehead atoms. The zero-order chi connectivity index (χ0) is 18.6. The first-order valence-electron chi connectivity index (χ1n) is 8.45. The first-order valence-corrected chi connectivity index (χ1v) is 8.45. The lowest BCUT2D eigenvalue weighted by Crippen LogP contribution is -2.44. The summed E-state index contributed by atoms with van der Waals surface area (Å²) in [6.07, 6.45) is 3.69. The van der Waals surface area contributed by atoms with E-state index in [2.05, 4.69) is 29.7 Å². The van der Waals surface area contributed by atoms with Crippen LogP contribution < -0.4 is 10.7 Å². The second-order valence-corrected chi connectivity index (χ2v) is 6.87. The number of rotatable bonds is 4. The lowest BCUT2D eigenvalue weighted by Gasteiger charge is -2.35. The highest BCUT2D eigenvalue weighted by molar-refractivity contribution is 6.41. The van der Waals surface area contributed by atoms with Gasteiger partial charge in [0.1, 0.15) is 0 Å². The fourth-order valence-electron chi connectivity index (χ4n) is 2.96. The fourth-order valence-corrected chi connectivity index (χ4v) is 2.96. The number of hydrogen-bond acceptors (Lipinski definition) is 4. The number of nitrogens with one attached hydrogen (secondary N) is 2. The molecule has 2 aromatic carbocycles. The summed E-state index contributed by atoms with van der Waals surface area (Å²) < 4.78 is 0. The van der Waals surface area contributed by atoms with E-state index in [0.717, 1.165) is 23.1 Å². The largest absolute Gasteiger partial charge is 0.379 e. The van der Waals surface area contributed by atoms with Gasteiger partial charge < -0.3 is 5.32 Å². The Labute approximate surface area is 152 Å². The van der Waals surface area contributed by atoms with Crippen LogP contribution in [0.25, 0.3) is 5.70 Å². The minimum atomic E-state index is -0.771. The van der Waals surface area contributed by atoms with E-state index < -0.39 is 11.7 Å². The Morgan fingerprint density at radius 3 is 2.54 bits per heavy atom. The molecule has 1 heterocycles. The van der Waals surface area contributed by atoms with E-state index in [1.807, 2.05) is 54.6 Å². The number of amides is 1. The third-order valence-electron chi connectivity index (χ3n) is 4.09. The molecule has 3 rings (SSSR count). The topological polar surface area (TPSA) is 70.6 Å². The Balaban J connectivity index is 1.73. The molecule has 26 heavy (non-hydrogen) atoms. The molecule has 1 amide bonds. The van der Waals surface area contributed by atoms with Crippen molar-refractivity contribution in [2.75, 3.05) is 0 Å². The summed E-state index contributed by atoms with van der Waals surface area (Å²) in [7, 11) is 0. The standard InChI is InChI=1S/C21H21N3O2/c1-21(2)13-16-10-6-7-11-17(16)18(23-21)12-19(25)20(26)24-22-14-15-8-4-3-5-9-15/h3-12,14,23H,13H2,1-2H3,(H,24,26)/b18-12-,22-14+. The van der Waals surface area contributed by atoms with Crippen LogP contribution in [-0.2, 0) is 16.0 Å². The number of carbonyl (C=O) groups is 2. The molecule has 0 fully saturated rings. The number of fused-ring (bicyclic) bond motifs is 1. The highest BCUT2D eigenvalue weighted by Gasteiger charge is 2.28. The third kappa shape index (κ3) is 4.25. The van der Waals surface area contributed by atoms with Crippen LogP contribution in [0.4, 0.5) is 0 Å². The monoisotopic (exact) mass is 347 g/mol. The molecule has 0 unspecified atom stereocenters. The van der Waals surface area contributed by atoms with Crippen molar-refractivity contribution in [3.8, 4) is 0 Å². The number of hydrazone groups is 1. The first kappa shape index (κ1) is 17.6. The fraction of sp³-hybridized carbons (Fsp3) is 0.190. The summed E-state index contributed by atoms with van der Waals surface area (Å²) in [5, 5.41) is 7.17. The smallest absolute Gasteiger partial charge is 0.311 e. The van der Waals surface area contributed by atoms with Crippen LogP contribution in [0.1, 0.15) is 30.5 Å². The van der Waals surface area contributed by atoms with E-state index in [1.54, 1.807) is 0 Å². The van der Waals surface area contributed by atoms with E-state index >= 15 is 0 Å². The van der Waals surface area contributed by atoms with E-state index in [0.29, 0.717) is 5.70 Å². The summed E-state index contributed by atoms with van der Waals surface area (Å²) in [6, 6.07) is 17.2. The van der Waals surface area contributed by atoms with Crippen molar-refractivity contribution in [2.24, 2.45) is 5.10 Å². The molecule has 0 radical (unpaired) electrons. The van der Waals surface area contributed by atoms with Gasteiger partial charge in [-0.2, -0.15) is 5.10 Å². The van der Waals surface area contributed by atoms with Crippen molar-refractivity contribution in [1.82, 2.24) is 10.7 Å². The molecule has 1 aliphatic rings. The molecule has 0 saturated carbocycles. The van der Waals surface area contributed by atoms with Gasteiger partial charge in [0.15, 0.2) is 0 Å². The molecule has 0 spiro atoms. The summed E-state index contributed by atoms with van der Waals surface area (Å²) >= 11 is 0. The van der Waals surface area contributed by atoms with Gasteiger partial charge in [0.05, 0.1) is 6.21 Å². The summed E-state index contributed by atoms with van der Waals surface area (Å²) in [4.78, 5) is 24.3. The van der Waals surface area contributed by atoms with Gasteiger partial charge >= 0.3 is 5.91 Å². The minimum Gasteiger partial charge on any atom is -0.379 e. The Kier molecular flexibility index (Phi) is 4.98. The lowest BCUT2D eigenvalue weighted by molar-refractivity contribution is -0.135. The maximum atomic E-state index is 12.3. The van der Waals surface area contributed by atoms with Crippen molar-refractivity contribution in [1.29, 1.82) is 0 Å². The first-order chi connectivity index (χ1) is 12.4. The molecule has 5 heteroatoms. The molecule has 2 N–H and O–H groups in total.